The van der Waals surface area contributed by atoms with Crippen LogP contribution in [0.4, 0.5) is 0 Å². The van der Waals surface area contributed by atoms with E-state index < -0.39 is 26.5 Å². The first-order chi connectivity index (χ1) is 22.3. The number of ether oxygens (including phenoxy) is 2. The van der Waals surface area contributed by atoms with Crippen LogP contribution in [0.5, 0.6) is 0 Å². The van der Waals surface area contributed by atoms with Gasteiger partial charge in [-0.2, -0.15) is 0 Å². The van der Waals surface area contributed by atoms with Crippen molar-refractivity contribution in [3.8, 4) is 0 Å². The van der Waals surface area contributed by atoms with E-state index in [4.69, 9.17) is 24.3 Å². The molecule has 0 spiro atoms. The van der Waals surface area contributed by atoms with Gasteiger partial charge in [-0.25, -0.2) is 4.57 Å². The standard InChI is InChI=1S/C36H72NO8P/c1-3-5-7-9-11-12-13-14-15-16-17-18-19-20-21-23-24-26-28-35(38)42-32-34(33-44-46(40,41)43-31-30-37)45-36(39)29-27-25-22-10-8-6-4-2/h34H,3-33,37H2,1-2H3,(H,40,41)/t34-/m0/s1. The van der Waals surface area contributed by atoms with E-state index in [9.17, 15) is 19.0 Å². The van der Waals surface area contributed by atoms with Crippen molar-refractivity contribution < 1.29 is 37.6 Å². The topological polar surface area (TPSA) is 134 Å². The summed E-state index contributed by atoms with van der Waals surface area (Å²) in [6, 6.07) is 0. The first-order valence-electron chi connectivity index (χ1n) is 19.0. The molecule has 0 heterocycles. The second-order valence-electron chi connectivity index (χ2n) is 12.8. The van der Waals surface area contributed by atoms with Crippen LogP contribution >= 0.6 is 7.82 Å². The molecule has 0 aromatic carbocycles. The minimum atomic E-state index is -4.35. The molecule has 3 N–H and O–H groups in total. The van der Waals surface area contributed by atoms with Crippen LogP contribution in [0, 0.1) is 0 Å². The predicted octanol–water partition coefficient (Wildman–Crippen LogP) is 10.1. The number of phosphoric acid groups is 1. The first-order valence-corrected chi connectivity index (χ1v) is 20.5. The Morgan fingerprint density at radius 2 is 0.935 bits per heavy atom. The molecule has 46 heavy (non-hydrogen) atoms. The third kappa shape index (κ3) is 32.9. The van der Waals surface area contributed by atoms with Gasteiger partial charge in [-0.05, 0) is 12.8 Å². The lowest BCUT2D eigenvalue weighted by Crippen LogP contribution is -2.29. The fourth-order valence-corrected chi connectivity index (χ4v) is 6.16. The molecule has 0 saturated carbocycles. The predicted molar refractivity (Wildman–Crippen MR) is 188 cm³/mol. The lowest BCUT2D eigenvalue weighted by Gasteiger charge is -2.19. The summed E-state index contributed by atoms with van der Waals surface area (Å²) >= 11 is 0. The fraction of sp³-hybridized carbons (Fsp3) is 0.944. The molecule has 1 unspecified atom stereocenters. The quantitative estimate of drug-likeness (QED) is 0.0377. The van der Waals surface area contributed by atoms with Crippen molar-refractivity contribution in [1.29, 1.82) is 0 Å². The van der Waals surface area contributed by atoms with Gasteiger partial charge in [-0.1, -0.05) is 162 Å². The van der Waals surface area contributed by atoms with Crippen LogP contribution in [0.1, 0.15) is 187 Å². The molecule has 0 rings (SSSR count). The Bertz CT molecular complexity index is 739. The van der Waals surface area contributed by atoms with E-state index in [-0.39, 0.29) is 38.6 Å². The molecular weight excluding hydrogens is 605 g/mol. The van der Waals surface area contributed by atoms with Crippen molar-refractivity contribution in [2.45, 2.75) is 193 Å². The Morgan fingerprint density at radius 3 is 1.33 bits per heavy atom. The van der Waals surface area contributed by atoms with Crippen LogP contribution in [0.15, 0.2) is 0 Å². The summed E-state index contributed by atoms with van der Waals surface area (Å²) in [6.45, 7) is 3.69. The molecule has 0 amide bonds. The fourth-order valence-electron chi connectivity index (χ4n) is 5.40. The highest BCUT2D eigenvalue weighted by Gasteiger charge is 2.25. The molecular formula is C36H72NO8P. The third-order valence-electron chi connectivity index (χ3n) is 8.24. The second-order valence-corrected chi connectivity index (χ2v) is 14.3. The van der Waals surface area contributed by atoms with Crippen LogP contribution in [-0.4, -0.2) is 49.3 Å². The number of nitrogens with two attached hydrogens (primary N) is 1. The molecule has 0 aromatic rings. The number of rotatable bonds is 36. The first kappa shape index (κ1) is 45.0. The molecule has 0 aromatic heterocycles. The maximum Gasteiger partial charge on any atom is 0.472 e. The van der Waals surface area contributed by atoms with Crippen LogP contribution in [0.3, 0.4) is 0 Å². The highest BCUT2D eigenvalue weighted by Crippen LogP contribution is 2.43. The van der Waals surface area contributed by atoms with Crippen LogP contribution < -0.4 is 5.73 Å². The molecule has 274 valence electrons. The molecule has 0 bridgehead atoms. The van der Waals surface area contributed by atoms with Crippen LogP contribution in [-0.2, 0) is 32.7 Å². The van der Waals surface area contributed by atoms with E-state index in [1.165, 1.54) is 116 Å². The number of esters is 2. The normalized spacial score (nSPS) is 13.4. The van der Waals surface area contributed by atoms with Crippen molar-refractivity contribution in [1.82, 2.24) is 0 Å². The molecule has 0 saturated heterocycles. The van der Waals surface area contributed by atoms with Crippen molar-refractivity contribution in [3.05, 3.63) is 0 Å². The summed E-state index contributed by atoms with van der Waals surface area (Å²) in [5.74, 6) is -0.825. The molecule has 9 nitrogen and oxygen atoms in total. The van der Waals surface area contributed by atoms with Crippen molar-refractivity contribution in [2.75, 3.05) is 26.4 Å². The number of carbonyl (C=O) groups is 2. The number of unbranched alkanes of at least 4 members (excludes halogenated alkanes) is 23. The number of hydrogen-bond donors (Lipinski definition) is 2. The largest absolute Gasteiger partial charge is 0.472 e. The van der Waals surface area contributed by atoms with E-state index in [0.717, 1.165) is 38.5 Å². The maximum atomic E-state index is 12.4. The van der Waals surface area contributed by atoms with Gasteiger partial charge in [0.25, 0.3) is 0 Å². The summed E-state index contributed by atoms with van der Waals surface area (Å²) in [5, 5.41) is 0. The molecule has 0 radical (unpaired) electrons. The van der Waals surface area contributed by atoms with Gasteiger partial charge in [0, 0.05) is 19.4 Å². The summed E-state index contributed by atoms with van der Waals surface area (Å²) in [4.78, 5) is 34.5. The summed E-state index contributed by atoms with van der Waals surface area (Å²) in [7, 11) is -4.35. The number of hydrogen-bond acceptors (Lipinski definition) is 8. The van der Waals surface area contributed by atoms with E-state index in [2.05, 4.69) is 13.8 Å². The van der Waals surface area contributed by atoms with E-state index >= 15 is 0 Å². The van der Waals surface area contributed by atoms with Gasteiger partial charge < -0.3 is 20.1 Å². The zero-order valence-electron chi connectivity index (χ0n) is 29.8. The van der Waals surface area contributed by atoms with Crippen molar-refractivity contribution in [3.63, 3.8) is 0 Å². The van der Waals surface area contributed by atoms with E-state index in [1.807, 2.05) is 0 Å². The highest BCUT2D eigenvalue weighted by molar-refractivity contribution is 7.47. The summed E-state index contributed by atoms with van der Waals surface area (Å²) in [5.41, 5.74) is 5.31. The van der Waals surface area contributed by atoms with Gasteiger partial charge in [0.15, 0.2) is 6.10 Å². The Hall–Kier alpha value is -0.990. The third-order valence-corrected chi connectivity index (χ3v) is 9.23. The molecule has 0 aliphatic carbocycles. The Balaban J connectivity index is 4.03. The summed E-state index contributed by atoms with van der Waals surface area (Å²) < 4.78 is 32.5. The summed E-state index contributed by atoms with van der Waals surface area (Å²) in [6.07, 6.45) is 30.1. The monoisotopic (exact) mass is 677 g/mol. The minimum absolute atomic E-state index is 0.0574. The van der Waals surface area contributed by atoms with E-state index in [1.54, 1.807) is 0 Å². The Labute approximate surface area is 282 Å². The van der Waals surface area contributed by atoms with Crippen LogP contribution in [0.2, 0.25) is 0 Å². The molecule has 2 atom stereocenters. The van der Waals surface area contributed by atoms with Gasteiger partial charge in [0.2, 0.25) is 0 Å². The minimum Gasteiger partial charge on any atom is -0.462 e. The average Bonchev–Trinajstić information content (AvgIpc) is 3.04. The van der Waals surface area contributed by atoms with Gasteiger partial charge in [-0.15, -0.1) is 0 Å². The van der Waals surface area contributed by atoms with E-state index in [0.29, 0.717) is 6.42 Å². The average molecular weight is 678 g/mol. The van der Waals surface area contributed by atoms with Gasteiger partial charge in [0.1, 0.15) is 6.61 Å². The zero-order valence-corrected chi connectivity index (χ0v) is 30.7. The zero-order chi connectivity index (χ0) is 34.0. The second kappa shape index (κ2) is 33.9. The lowest BCUT2D eigenvalue weighted by molar-refractivity contribution is -0.161. The Morgan fingerprint density at radius 1 is 0.565 bits per heavy atom. The smallest absolute Gasteiger partial charge is 0.462 e. The number of phosphoric ester groups is 1. The maximum absolute atomic E-state index is 12.4. The van der Waals surface area contributed by atoms with Crippen LogP contribution in [0.25, 0.3) is 0 Å². The Kier molecular flexibility index (Phi) is 33.2. The lowest BCUT2D eigenvalue weighted by atomic mass is 10.0. The molecule has 0 fully saturated rings. The molecule has 0 aliphatic rings. The highest BCUT2D eigenvalue weighted by atomic mass is 31.2. The van der Waals surface area contributed by atoms with Gasteiger partial charge in [-0.3, -0.25) is 18.6 Å². The molecule has 0 aliphatic heterocycles. The van der Waals surface area contributed by atoms with Gasteiger partial charge in [0.05, 0.1) is 13.2 Å². The number of carbonyl (C=O) groups excluding carboxylic acids is 2. The SMILES string of the molecule is CCCCCCCCCCCCCCCCCCCCC(=O)OC[C@@H](COP(=O)(O)OCCN)OC(=O)CCCCCCCCC. The molecule has 10 heteroatoms. The van der Waals surface area contributed by atoms with Gasteiger partial charge >= 0.3 is 19.8 Å². The van der Waals surface area contributed by atoms with Crippen molar-refractivity contribution in [2.24, 2.45) is 5.73 Å². The van der Waals surface area contributed by atoms with Crippen molar-refractivity contribution >= 4 is 19.8 Å².